The van der Waals surface area contributed by atoms with E-state index in [2.05, 4.69) is 15.6 Å². The van der Waals surface area contributed by atoms with E-state index in [9.17, 15) is 14.7 Å². The first-order valence-corrected chi connectivity index (χ1v) is 10.7. The average Bonchev–Trinajstić information content (AvgIpc) is 3.30. The Morgan fingerprint density at radius 3 is 2.22 bits per heavy atom. The number of aromatic nitrogens is 1. The molecule has 1 fully saturated rings. The molecule has 0 saturated carbocycles. The molecule has 1 aliphatic rings. The van der Waals surface area contributed by atoms with Gasteiger partial charge in [-0.1, -0.05) is 36.4 Å². The van der Waals surface area contributed by atoms with Crippen molar-refractivity contribution in [2.24, 2.45) is 0 Å². The number of anilines is 2. The molecule has 4 rings (SSSR count). The summed E-state index contributed by atoms with van der Waals surface area (Å²) in [5.74, 6) is -1.32. The molecule has 0 spiro atoms. The van der Waals surface area contributed by atoms with Gasteiger partial charge in [-0.2, -0.15) is 0 Å². The number of benzene rings is 2. The Bertz CT molecular complexity index is 1120. The van der Waals surface area contributed by atoms with Crippen LogP contribution in [0.2, 0.25) is 0 Å². The minimum atomic E-state index is -0.973. The first-order valence-electron chi connectivity index (χ1n) is 10.2. The maximum Gasteiger partial charge on any atom is 0.326 e. The molecule has 1 saturated heterocycles. The fourth-order valence-electron chi connectivity index (χ4n) is 3.67. The van der Waals surface area contributed by atoms with Gasteiger partial charge in [0.1, 0.15) is 11.7 Å². The van der Waals surface area contributed by atoms with Crippen LogP contribution in [-0.2, 0) is 4.79 Å². The maximum absolute atomic E-state index is 12.7. The standard InChI is InChI=1S/C24H22N4O3S/c29-22(28-14-4-7-21(28)23(30)31)20-13-10-17(15-25-20)16-8-11-19(12-9-16)27-24(32)26-18-5-2-1-3-6-18/h1-3,5-6,8-13,15,21H,4,7,14H2,(H,30,31)(H2,26,27,32)/t21-/m0/s1. The van der Waals surface area contributed by atoms with Crippen LogP contribution in [0.15, 0.2) is 72.9 Å². The smallest absolute Gasteiger partial charge is 0.326 e. The lowest BCUT2D eigenvalue weighted by Crippen LogP contribution is -2.40. The zero-order valence-corrected chi connectivity index (χ0v) is 18.0. The Kier molecular flexibility index (Phi) is 6.42. The summed E-state index contributed by atoms with van der Waals surface area (Å²) in [5.41, 5.74) is 3.79. The van der Waals surface area contributed by atoms with E-state index < -0.39 is 12.0 Å². The molecular formula is C24H22N4O3S. The molecule has 2 aromatic carbocycles. The molecule has 32 heavy (non-hydrogen) atoms. The third-order valence-electron chi connectivity index (χ3n) is 5.29. The van der Waals surface area contributed by atoms with Crippen molar-refractivity contribution in [2.75, 3.05) is 17.2 Å². The molecule has 0 radical (unpaired) electrons. The van der Waals surface area contributed by atoms with Gasteiger partial charge >= 0.3 is 5.97 Å². The van der Waals surface area contributed by atoms with Gasteiger partial charge in [0.05, 0.1) is 0 Å². The lowest BCUT2D eigenvalue weighted by molar-refractivity contribution is -0.141. The van der Waals surface area contributed by atoms with Crippen molar-refractivity contribution in [3.63, 3.8) is 0 Å². The predicted octanol–water partition coefficient (Wildman–Crippen LogP) is 4.25. The largest absolute Gasteiger partial charge is 0.480 e. The number of carbonyl (C=O) groups is 2. The highest BCUT2D eigenvalue weighted by molar-refractivity contribution is 7.80. The van der Waals surface area contributed by atoms with Crippen LogP contribution in [0, 0.1) is 0 Å². The van der Waals surface area contributed by atoms with E-state index in [1.165, 1.54) is 4.90 Å². The number of likely N-dealkylation sites (tertiary alicyclic amines) is 1. The Labute approximate surface area is 191 Å². The second-order valence-electron chi connectivity index (χ2n) is 7.45. The summed E-state index contributed by atoms with van der Waals surface area (Å²) in [7, 11) is 0. The van der Waals surface area contributed by atoms with Crippen LogP contribution in [0.4, 0.5) is 11.4 Å². The lowest BCUT2D eigenvalue weighted by Gasteiger charge is -2.20. The molecule has 1 atom stereocenters. The van der Waals surface area contributed by atoms with Crippen molar-refractivity contribution in [2.45, 2.75) is 18.9 Å². The topological polar surface area (TPSA) is 94.6 Å². The van der Waals surface area contributed by atoms with Crippen LogP contribution in [0.5, 0.6) is 0 Å². The van der Waals surface area contributed by atoms with Gasteiger partial charge < -0.3 is 20.6 Å². The van der Waals surface area contributed by atoms with Crippen LogP contribution in [0.1, 0.15) is 23.3 Å². The predicted molar refractivity (Wildman–Crippen MR) is 128 cm³/mol. The van der Waals surface area contributed by atoms with Gasteiger partial charge in [0.15, 0.2) is 5.11 Å². The second-order valence-corrected chi connectivity index (χ2v) is 7.86. The van der Waals surface area contributed by atoms with Gasteiger partial charge in [-0.3, -0.25) is 9.78 Å². The van der Waals surface area contributed by atoms with Crippen LogP contribution < -0.4 is 10.6 Å². The van der Waals surface area contributed by atoms with Crippen molar-refractivity contribution >= 4 is 40.6 Å². The number of thiocarbonyl (C=S) groups is 1. The average molecular weight is 447 g/mol. The van der Waals surface area contributed by atoms with E-state index in [4.69, 9.17) is 12.2 Å². The molecule has 3 N–H and O–H groups in total. The molecule has 2 heterocycles. The van der Waals surface area contributed by atoms with E-state index in [1.54, 1.807) is 12.3 Å². The number of hydrogen-bond acceptors (Lipinski definition) is 4. The summed E-state index contributed by atoms with van der Waals surface area (Å²) < 4.78 is 0. The van der Waals surface area contributed by atoms with E-state index in [0.717, 1.165) is 22.5 Å². The van der Waals surface area contributed by atoms with E-state index in [0.29, 0.717) is 24.5 Å². The van der Waals surface area contributed by atoms with E-state index in [1.807, 2.05) is 60.7 Å². The number of rotatable bonds is 5. The monoisotopic (exact) mass is 446 g/mol. The summed E-state index contributed by atoms with van der Waals surface area (Å²) in [6, 6.07) is 20.1. The fraction of sp³-hybridized carbons (Fsp3) is 0.167. The van der Waals surface area contributed by atoms with Crippen molar-refractivity contribution in [1.29, 1.82) is 0 Å². The van der Waals surface area contributed by atoms with Gasteiger partial charge in [-0.25, -0.2) is 4.79 Å². The Morgan fingerprint density at radius 2 is 1.59 bits per heavy atom. The number of nitrogens with zero attached hydrogens (tertiary/aromatic N) is 2. The molecular weight excluding hydrogens is 424 g/mol. The zero-order valence-electron chi connectivity index (χ0n) is 17.2. The Hall–Kier alpha value is -3.78. The first-order chi connectivity index (χ1) is 15.5. The molecule has 8 heteroatoms. The van der Waals surface area contributed by atoms with Gasteiger partial charge in [0.25, 0.3) is 5.91 Å². The third kappa shape index (κ3) is 4.92. The van der Waals surface area contributed by atoms with Gasteiger partial charge in [-0.15, -0.1) is 0 Å². The van der Waals surface area contributed by atoms with Crippen LogP contribution in [0.3, 0.4) is 0 Å². The first kappa shape index (κ1) is 21.5. The van der Waals surface area contributed by atoms with Crippen molar-refractivity contribution in [3.8, 4) is 11.1 Å². The molecule has 0 aliphatic carbocycles. The number of para-hydroxylation sites is 1. The third-order valence-corrected chi connectivity index (χ3v) is 5.49. The molecule has 0 bridgehead atoms. The number of amides is 1. The van der Waals surface area contributed by atoms with Crippen LogP contribution in [0.25, 0.3) is 11.1 Å². The fourth-order valence-corrected chi connectivity index (χ4v) is 3.90. The summed E-state index contributed by atoms with van der Waals surface area (Å²) in [5, 5.41) is 16.1. The molecule has 1 aliphatic heterocycles. The Balaban J connectivity index is 1.39. The van der Waals surface area contributed by atoms with Gasteiger partial charge in [0.2, 0.25) is 0 Å². The van der Waals surface area contributed by atoms with Gasteiger partial charge in [-0.05, 0) is 61.0 Å². The SMILES string of the molecule is O=C(O)[C@@H]1CCCN1C(=O)c1ccc(-c2ccc(NC(=S)Nc3ccccc3)cc2)cn1. The van der Waals surface area contributed by atoms with Gasteiger partial charge in [0, 0.05) is 29.7 Å². The Morgan fingerprint density at radius 1 is 0.938 bits per heavy atom. The number of carboxylic acid groups (broad SMARTS) is 1. The number of pyridine rings is 1. The summed E-state index contributed by atoms with van der Waals surface area (Å²) in [4.78, 5) is 29.7. The quantitative estimate of drug-likeness (QED) is 0.505. The second kappa shape index (κ2) is 9.57. The van der Waals surface area contributed by atoms with E-state index in [-0.39, 0.29) is 11.6 Å². The van der Waals surface area contributed by atoms with E-state index >= 15 is 0 Å². The molecule has 162 valence electrons. The molecule has 1 aromatic heterocycles. The van der Waals surface area contributed by atoms with Crippen molar-refractivity contribution in [3.05, 3.63) is 78.6 Å². The minimum Gasteiger partial charge on any atom is -0.480 e. The maximum atomic E-state index is 12.7. The van der Waals surface area contributed by atoms with Crippen molar-refractivity contribution in [1.82, 2.24) is 9.88 Å². The number of aliphatic carboxylic acids is 1. The number of hydrogen-bond donors (Lipinski definition) is 3. The van der Waals surface area contributed by atoms with Crippen molar-refractivity contribution < 1.29 is 14.7 Å². The highest BCUT2D eigenvalue weighted by atomic mass is 32.1. The van der Waals surface area contributed by atoms with Crippen LogP contribution >= 0.6 is 12.2 Å². The highest BCUT2D eigenvalue weighted by Gasteiger charge is 2.34. The zero-order chi connectivity index (χ0) is 22.5. The highest BCUT2D eigenvalue weighted by Crippen LogP contribution is 2.23. The van der Waals surface area contributed by atoms with Crippen LogP contribution in [-0.4, -0.2) is 44.6 Å². The normalized spacial score (nSPS) is 15.2. The lowest BCUT2D eigenvalue weighted by atomic mass is 10.1. The number of nitrogens with one attached hydrogen (secondary N) is 2. The summed E-state index contributed by atoms with van der Waals surface area (Å²) >= 11 is 5.35. The minimum absolute atomic E-state index is 0.248. The molecule has 1 amide bonds. The molecule has 7 nitrogen and oxygen atoms in total. The molecule has 3 aromatic rings. The number of carboxylic acids is 1. The summed E-state index contributed by atoms with van der Waals surface area (Å²) in [6.45, 7) is 0.439. The number of carbonyl (C=O) groups excluding carboxylic acids is 1. The molecule has 0 unspecified atom stereocenters. The summed E-state index contributed by atoms with van der Waals surface area (Å²) in [6.07, 6.45) is 2.79.